The van der Waals surface area contributed by atoms with Crippen molar-refractivity contribution in [1.29, 1.82) is 0 Å². The van der Waals surface area contributed by atoms with Gasteiger partial charge in [-0.25, -0.2) is 4.98 Å². The van der Waals surface area contributed by atoms with Gasteiger partial charge < -0.3 is 10.6 Å². The lowest BCUT2D eigenvalue weighted by Gasteiger charge is -2.34. The fourth-order valence-corrected chi connectivity index (χ4v) is 3.27. The van der Waals surface area contributed by atoms with Crippen LogP contribution in [0, 0.1) is 5.92 Å². The van der Waals surface area contributed by atoms with E-state index >= 15 is 0 Å². The van der Waals surface area contributed by atoms with Crippen LogP contribution >= 0.6 is 11.6 Å². The van der Waals surface area contributed by atoms with Gasteiger partial charge in [-0.05, 0) is 50.0 Å². The zero-order chi connectivity index (χ0) is 17.1. The number of nitrogens with zero attached hydrogens (tertiary/aromatic N) is 2. The van der Waals surface area contributed by atoms with Gasteiger partial charge in [0.05, 0.1) is 11.2 Å². The van der Waals surface area contributed by atoms with Crippen molar-refractivity contribution < 1.29 is 4.79 Å². The van der Waals surface area contributed by atoms with Crippen LogP contribution in [0.4, 0.5) is 0 Å². The van der Waals surface area contributed by atoms with Crippen LogP contribution in [0.25, 0.3) is 17.0 Å². The maximum absolute atomic E-state index is 12.4. The average Bonchev–Trinajstić information content (AvgIpc) is 2.59. The Kier molecular flexibility index (Phi) is 5.17. The zero-order valence-corrected chi connectivity index (χ0v) is 14.5. The molecule has 0 aliphatic carbocycles. The molecule has 3 rings (SSSR count). The molecule has 1 fully saturated rings. The van der Waals surface area contributed by atoms with Crippen LogP contribution in [0.1, 0.15) is 25.5 Å². The number of rotatable bonds is 3. The first kappa shape index (κ1) is 16.9. The number of aromatic nitrogens is 1. The lowest BCUT2D eigenvalue weighted by atomic mass is 9.92. The maximum atomic E-state index is 12.4. The standard InChI is InChI=1S/C19H22ClN3O/c1-13(21)15-3-2-10-23(12-15)19(24)9-8-17-7-5-14-4-6-16(20)11-18(14)22-17/h4-9,11,13,15H,2-3,10,12,21H2,1H3. The summed E-state index contributed by atoms with van der Waals surface area (Å²) in [5.74, 6) is 0.408. The van der Waals surface area contributed by atoms with Crippen LogP contribution < -0.4 is 5.73 Å². The molecule has 2 heterocycles. The van der Waals surface area contributed by atoms with Crippen LogP contribution in [0.2, 0.25) is 5.02 Å². The first-order chi connectivity index (χ1) is 11.5. The van der Waals surface area contributed by atoms with E-state index in [1.807, 2.05) is 42.2 Å². The Hall–Kier alpha value is -1.91. The van der Waals surface area contributed by atoms with Gasteiger partial charge in [-0.15, -0.1) is 0 Å². The summed E-state index contributed by atoms with van der Waals surface area (Å²) < 4.78 is 0. The Labute approximate surface area is 147 Å². The molecule has 1 saturated heterocycles. The molecule has 4 nitrogen and oxygen atoms in total. The number of piperidine rings is 1. The van der Waals surface area contributed by atoms with Crippen LogP contribution in [0.5, 0.6) is 0 Å². The molecule has 126 valence electrons. The van der Waals surface area contributed by atoms with E-state index in [0.717, 1.165) is 42.5 Å². The number of pyridine rings is 1. The SMILES string of the molecule is CC(N)C1CCCN(C(=O)C=Cc2ccc3ccc(Cl)cc3n2)C1. The molecule has 0 saturated carbocycles. The van der Waals surface area contributed by atoms with Gasteiger partial charge >= 0.3 is 0 Å². The van der Waals surface area contributed by atoms with Crippen LogP contribution in [0.15, 0.2) is 36.4 Å². The van der Waals surface area contributed by atoms with E-state index in [-0.39, 0.29) is 11.9 Å². The monoisotopic (exact) mass is 343 g/mol. The van der Waals surface area contributed by atoms with E-state index in [1.165, 1.54) is 0 Å². The summed E-state index contributed by atoms with van der Waals surface area (Å²) in [7, 11) is 0. The average molecular weight is 344 g/mol. The highest BCUT2D eigenvalue weighted by Gasteiger charge is 2.24. The number of nitrogens with two attached hydrogens (primary N) is 1. The van der Waals surface area contributed by atoms with E-state index in [0.29, 0.717) is 10.9 Å². The highest BCUT2D eigenvalue weighted by atomic mass is 35.5. The lowest BCUT2D eigenvalue weighted by Crippen LogP contribution is -2.44. The second kappa shape index (κ2) is 7.32. The fourth-order valence-electron chi connectivity index (χ4n) is 3.10. The number of amides is 1. The third kappa shape index (κ3) is 3.94. The van der Waals surface area contributed by atoms with E-state index in [2.05, 4.69) is 4.98 Å². The van der Waals surface area contributed by atoms with Crippen molar-refractivity contribution in [2.45, 2.75) is 25.8 Å². The normalized spacial score (nSPS) is 19.8. The molecule has 1 amide bonds. The molecule has 0 spiro atoms. The Morgan fingerprint density at radius 3 is 3.00 bits per heavy atom. The first-order valence-corrected chi connectivity index (χ1v) is 8.69. The third-order valence-electron chi connectivity index (χ3n) is 4.59. The fraction of sp³-hybridized carbons (Fsp3) is 0.368. The largest absolute Gasteiger partial charge is 0.339 e. The van der Waals surface area contributed by atoms with Crippen molar-refractivity contribution in [1.82, 2.24) is 9.88 Å². The van der Waals surface area contributed by atoms with Crippen molar-refractivity contribution in [2.75, 3.05) is 13.1 Å². The molecule has 1 aromatic heterocycles. The topological polar surface area (TPSA) is 59.2 Å². The smallest absolute Gasteiger partial charge is 0.246 e. The summed E-state index contributed by atoms with van der Waals surface area (Å²) in [5.41, 5.74) is 7.56. The summed E-state index contributed by atoms with van der Waals surface area (Å²) in [5, 5.41) is 1.68. The Morgan fingerprint density at radius 2 is 2.21 bits per heavy atom. The number of benzene rings is 1. The molecule has 2 N–H and O–H groups in total. The number of likely N-dealkylation sites (tertiary alicyclic amines) is 1. The molecular weight excluding hydrogens is 322 g/mol. The predicted molar refractivity (Wildman–Crippen MR) is 98.7 cm³/mol. The molecule has 0 radical (unpaired) electrons. The number of carbonyl (C=O) groups is 1. The number of fused-ring (bicyclic) bond motifs is 1. The minimum Gasteiger partial charge on any atom is -0.339 e. The van der Waals surface area contributed by atoms with Crippen molar-refractivity contribution in [3.63, 3.8) is 0 Å². The predicted octanol–water partition coefficient (Wildman–Crippen LogP) is 3.49. The summed E-state index contributed by atoms with van der Waals surface area (Å²) in [4.78, 5) is 18.8. The Morgan fingerprint density at radius 1 is 1.42 bits per heavy atom. The summed E-state index contributed by atoms with van der Waals surface area (Å²) >= 11 is 6.01. The third-order valence-corrected chi connectivity index (χ3v) is 4.82. The van der Waals surface area contributed by atoms with Gasteiger partial charge in [0.15, 0.2) is 0 Å². The van der Waals surface area contributed by atoms with Crippen molar-refractivity contribution in [3.05, 3.63) is 47.1 Å². The van der Waals surface area contributed by atoms with Gasteiger partial charge in [0, 0.05) is 35.6 Å². The Balaban J connectivity index is 1.71. The quantitative estimate of drug-likeness (QED) is 0.868. The van der Waals surface area contributed by atoms with E-state index < -0.39 is 0 Å². The number of hydrogen-bond donors (Lipinski definition) is 1. The molecule has 2 aromatic rings. The summed E-state index contributed by atoms with van der Waals surface area (Å²) in [6, 6.07) is 9.61. The maximum Gasteiger partial charge on any atom is 0.246 e. The first-order valence-electron chi connectivity index (χ1n) is 8.32. The van der Waals surface area contributed by atoms with Gasteiger partial charge in [0.1, 0.15) is 0 Å². The second-order valence-electron chi connectivity index (χ2n) is 6.45. The molecule has 24 heavy (non-hydrogen) atoms. The lowest BCUT2D eigenvalue weighted by molar-refractivity contribution is -0.127. The minimum absolute atomic E-state index is 0.0216. The highest BCUT2D eigenvalue weighted by Crippen LogP contribution is 2.20. The Bertz CT molecular complexity index is 772. The molecular formula is C19H22ClN3O. The van der Waals surface area contributed by atoms with Crippen LogP contribution in [0.3, 0.4) is 0 Å². The molecule has 0 bridgehead atoms. The number of carbonyl (C=O) groups excluding carboxylic acids is 1. The van der Waals surface area contributed by atoms with Gasteiger partial charge in [-0.3, -0.25) is 4.79 Å². The molecule has 2 unspecified atom stereocenters. The van der Waals surface area contributed by atoms with E-state index in [4.69, 9.17) is 17.3 Å². The number of hydrogen-bond acceptors (Lipinski definition) is 3. The van der Waals surface area contributed by atoms with Crippen molar-refractivity contribution in [3.8, 4) is 0 Å². The summed E-state index contributed by atoms with van der Waals surface area (Å²) in [6.45, 7) is 3.55. The van der Waals surface area contributed by atoms with E-state index in [1.54, 1.807) is 12.2 Å². The molecule has 5 heteroatoms. The van der Waals surface area contributed by atoms with Gasteiger partial charge in [0.2, 0.25) is 5.91 Å². The zero-order valence-electron chi connectivity index (χ0n) is 13.8. The van der Waals surface area contributed by atoms with Gasteiger partial charge in [-0.2, -0.15) is 0 Å². The highest BCUT2D eigenvalue weighted by molar-refractivity contribution is 6.31. The molecule has 1 aliphatic rings. The minimum atomic E-state index is 0.0216. The number of halogens is 1. The van der Waals surface area contributed by atoms with Gasteiger partial charge in [-0.1, -0.05) is 23.7 Å². The molecule has 2 atom stereocenters. The van der Waals surface area contributed by atoms with Crippen molar-refractivity contribution >= 4 is 34.5 Å². The van der Waals surface area contributed by atoms with E-state index in [9.17, 15) is 4.79 Å². The summed E-state index contributed by atoms with van der Waals surface area (Å²) in [6.07, 6.45) is 5.47. The van der Waals surface area contributed by atoms with Gasteiger partial charge in [0.25, 0.3) is 0 Å². The van der Waals surface area contributed by atoms with Crippen LogP contribution in [-0.4, -0.2) is 34.9 Å². The van der Waals surface area contributed by atoms with Crippen molar-refractivity contribution in [2.24, 2.45) is 11.7 Å². The molecule has 1 aliphatic heterocycles. The van der Waals surface area contributed by atoms with Crippen LogP contribution in [-0.2, 0) is 4.79 Å². The second-order valence-corrected chi connectivity index (χ2v) is 6.89. The molecule has 1 aromatic carbocycles.